The monoisotopic (exact) mass is 504 g/mol. The van der Waals surface area contributed by atoms with E-state index in [9.17, 15) is 0 Å². The summed E-state index contributed by atoms with van der Waals surface area (Å²) >= 11 is 23.5. The molecule has 0 bridgehead atoms. The van der Waals surface area contributed by atoms with Crippen LogP contribution in [0, 0.1) is 34.0 Å². The molecule has 0 saturated carbocycles. The van der Waals surface area contributed by atoms with Crippen LogP contribution in [0.25, 0.3) is 17.0 Å². The van der Waals surface area contributed by atoms with Crippen molar-refractivity contribution in [3.8, 4) is 29.5 Å². The maximum absolute atomic E-state index is 8.94. The van der Waals surface area contributed by atoms with Crippen LogP contribution in [0.2, 0.25) is 20.1 Å². The average molecular weight is 506 g/mol. The van der Waals surface area contributed by atoms with E-state index in [1.165, 1.54) is 13.2 Å². The first-order chi connectivity index (χ1) is 15.3. The summed E-state index contributed by atoms with van der Waals surface area (Å²) in [6.07, 6.45) is 0. The fraction of sp³-hybridized carbons (Fsp3) is 0.0476. The van der Waals surface area contributed by atoms with Gasteiger partial charge in [0.05, 0.1) is 22.8 Å². The zero-order valence-electron chi connectivity index (χ0n) is 16.3. The maximum atomic E-state index is 8.94. The van der Waals surface area contributed by atoms with Crippen molar-refractivity contribution >= 4 is 58.0 Å². The highest BCUT2D eigenvalue weighted by Gasteiger charge is 2.15. The van der Waals surface area contributed by atoms with Crippen LogP contribution in [0.1, 0.15) is 11.1 Å². The molecule has 0 aliphatic heterocycles. The Balaban J connectivity index is 0.000000227. The highest BCUT2D eigenvalue weighted by atomic mass is 35.5. The van der Waals surface area contributed by atoms with Crippen molar-refractivity contribution in [2.24, 2.45) is 0 Å². The molecule has 0 unspecified atom stereocenters. The molecule has 1 heterocycles. The molecule has 0 radical (unpaired) electrons. The second-order valence-electron chi connectivity index (χ2n) is 5.85. The Morgan fingerprint density at radius 2 is 1.56 bits per heavy atom. The summed E-state index contributed by atoms with van der Waals surface area (Å²) in [7, 11) is 1.37. The van der Waals surface area contributed by atoms with Crippen LogP contribution in [0.15, 0.2) is 42.0 Å². The van der Waals surface area contributed by atoms with Crippen LogP contribution in [0.4, 0.5) is 5.82 Å². The summed E-state index contributed by atoms with van der Waals surface area (Å²) in [4.78, 5) is 0. The van der Waals surface area contributed by atoms with Crippen LogP contribution >= 0.6 is 46.4 Å². The molecule has 0 aliphatic rings. The molecule has 0 aliphatic carbocycles. The first-order valence-corrected chi connectivity index (χ1v) is 10.0. The molecule has 0 spiro atoms. The summed E-state index contributed by atoms with van der Waals surface area (Å²) in [5.74, 6) is 0.301. The van der Waals surface area contributed by atoms with E-state index in [1.807, 2.05) is 6.07 Å². The molecule has 3 N–H and O–H groups in total. The van der Waals surface area contributed by atoms with Gasteiger partial charge in [-0.2, -0.15) is 20.9 Å². The van der Waals surface area contributed by atoms with Gasteiger partial charge < -0.3 is 10.5 Å². The molecule has 3 rings (SSSR count). The van der Waals surface area contributed by atoms with E-state index in [0.717, 1.165) is 0 Å². The van der Waals surface area contributed by atoms with Crippen molar-refractivity contribution < 1.29 is 4.74 Å². The number of methoxy groups -OCH3 is 1. The number of allylic oxidation sites excluding steroid dienone is 1. The third kappa shape index (κ3) is 5.65. The molecule has 2 aromatic carbocycles. The Labute approximate surface area is 203 Å². The molecule has 1 aromatic heterocycles. The number of nitrogens with one attached hydrogen (secondary N) is 1. The number of nitriles is 3. The van der Waals surface area contributed by atoms with Crippen molar-refractivity contribution in [3.63, 3.8) is 0 Å². The number of hydrogen-bond acceptors (Lipinski definition) is 6. The lowest BCUT2D eigenvalue weighted by Crippen LogP contribution is -1.93. The third-order valence-corrected chi connectivity index (χ3v) is 5.03. The average Bonchev–Trinajstić information content (AvgIpc) is 3.13. The van der Waals surface area contributed by atoms with Gasteiger partial charge in [0.2, 0.25) is 0 Å². The lowest BCUT2D eigenvalue weighted by atomic mass is 10.1. The van der Waals surface area contributed by atoms with Gasteiger partial charge in [0.25, 0.3) is 0 Å². The quantitative estimate of drug-likeness (QED) is 0.319. The lowest BCUT2D eigenvalue weighted by molar-refractivity contribution is 0.369. The van der Waals surface area contributed by atoms with E-state index in [0.29, 0.717) is 36.9 Å². The van der Waals surface area contributed by atoms with E-state index < -0.39 is 0 Å². The lowest BCUT2D eigenvalue weighted by Gasteiger charge is -2.08. The first kappa shape index (κ1) is 24.9. The van der Waals surface area contributed by atoms with Gasteiger partial charge in [-0.05, 0) is 36.4 Å². The summed E-state index contributed by atoms with van der Waals surface area (Å²) in [6.45, 7) is 0. The van der Waals surface area contributed by atoms with Gasteiger partial charge in [0.1, 0.15) is 23.8 Å². The Morgan fingerprint density at radius 3 is 2.06 bits per heavy atom. The highest BCUT2D eigenvalue weighted by Crippen LogP contribution is 2.32. The zero-order valence-corrected chi connectivity index (χ0v) is 19.3. The minimum atomic E-state index is -0.133. The molecule has 0 saturated heterocycles. The van der Waals surface area contributed by atoms with Crippen molar-refractivity contribution in [1.29, 1.82) is 15.8 Å². The topological polar surface area (TPSA) is 135 Å². The highest BCUT2D eigenvalue weighted by molar-refractivity contribution is 6.36. The van der Waals surface area contributed by atoms with Crippen LogP contribution < -0.4 is 5.73 Å². The van der Waals surface area contributed by atoms with E-state index in [4.69, 9.17) is 72.7 Å². The molecule has 160 valence electrons. The molecule has 7 nitrogen and oxygen atoms in total. The van der Waals surface area contributed by atoms with Gasteiger partial charge in [-0.25, -0.2) is 0 Å². The van der Waals surface area contributed by atoms with Gasteiger partial charge in [0, 0.05) is 21.2 Å². The van der Waals surface area contributed by atoms with E-state index in [1.54, 1.807) is 42.5 Å². The number of ether oxygens (including phenoxy) is 1. The Hall–Kier alpha value is -3.38. The minimum Gasteiger partial charge on any atom is -0.494 e. The molecule has 0 fully saturated rings. The van der Waals surface area contributed by atoms with Crippen LogP contribution in [0.5, 0.6) is 0 Å². The fourth-order valence-electron chi connectivity index (χ4n) is 2.50. The SMILES string of the molecule is COC(=C(C#N)C#N)c1ccc(Cl)cc1Cl.N#Cc1c(N)n[nH]c1-c1ccc(Cl)cc1Cl. The fourth-order valence-corrected chi connectivity index (χ4v) is 3.50. The van der Waals surface area contributed by atoms with Crippen LogP contribution in [0.3, 0.4) is 0 Å². The van der Waals surface area contributed by atoms with E-state index in [-0.39, 0.29) is 22.7 Å². The summed E-state index contributed by atoms with van der Waals surface area (Å²) in [5.41, 5.74) is 7.30. The molecule has 32 heavy (non-hydrogen) atoms. The summed E-state index contributed by atoms with van der Waals surface area (Å²) < 4.78 is 5.01. The van der Waals surface area contributed by atoms with Gasteiger partial charge in [0.15, 0.2) is 17.2 Å². The molecular formula is C21H12Cl4N6O. The zero-order chi connectivity index (χ0) is 23.8. The second-order valence-corrected chi connectivity index (χ2v) is 7.54. The summed E-state index contributed by atoms with van der Waals surface area (Å²) in [6, 6.07) is 15.2. The Kier molecular flexibility index (Phi) is 8.79. The molecular weight excluding hydrogens is 494 g/mol. The van der Waals surface area contributed by atoms with Crippen molar-refractivity contribution in [2.75, 3.05) is 12.8 Å². The summed E-state index contributed by atoms with van der Waals surface area (Å²) in [5, 5.41) is 34.7. The largest absolute Gasteiger partial charge is 0.494 e. The van der Waals surface area contributed by atoms with Crippen LogP contribution in [-0.4, -0.2) is 17.3 Å². The van der Waals surface area contributed by atoms with Gasteiger partial charge in [-0.1, -0.05) is 46.4 Å². The minimum absolute atomic E-state index is 0.133. The smallest absolute Gasteiger partial charge is 0.172 e. The normalized spacial score (nSPS) is 9.44. The first-order valence-electron chi connectivity index (χ1n) is 8.50. The van der Waals surface area contributed by atoms with Crippen molar-refractivity contribution in [1.82, 2.24) is 10.2 Å². The number of anilines is 1. The predicted molar refractivity (Wildman–Crippen MR) is 125 cm³/mol. The molecule has 0 amide bonds. The van der Waals surface area contributed by atoms with Gasteiger partial charge in [-0.3, -0.25) is 5.10 Å². The number of hydrogen-bond donors (Lipinski definition) is 2. The Morgan fingerprint density at radius 1 is 0.969 bits per heavy atom. The van der Waals surface area contributed by atoms with Crippen molar-refractivity contribution in [2.45, 2.75) is 0 Å². The number of nitrogens with two attached hydrogens (primary N) is 1. The standard InChI is InChI=1S/C11H6Cl2N2O.C10H6Cl2N4/c1-16-11(7(5-14)6-15)9-3-2-8(12)4-10(9)13;11-5-1-2-6(8(12)3-5)9-7(4-13)10(14)16-15-9/h2-4H,1H3;1-3H,(H3,14,15,16). The number of nitrogen functional groups attached to an aromatic ring is 1. The molecule has 3 aromatic rings. The maximum Gasteiger partial charge on any atom is 0.172 e. The molecule has 11 heteroatoms. The number of aromatic nitrogens is 2. The number of nitrogens with zero attached hydrogens (tertiary/aromatic N) is 4. The number of aromatic amines is 1. The number of benzene rings is 2. The predicted octanol–water partition coefficient (Wildman–Crippen LogP) is 6.24. The van der Waals surface area contributed by atoms with E-state index >= 15 is 0 Å². The Bertz CT molecular complexity index is 1300. The van der Waals surface area contributed by atoms with Gasteiger partial charge in [-0.15, -0.1) is 0 Å². The molecule has 0 atom stereocenters. The van der Waals surface area contributed by atoms with Crippen LogP contribution in [-0.2, 0) is 4.74 Å². The van der Waals surface area contributed by atoms with Gasteiger partial charge >= 0.3 is 0 Å². The number of H-pyrrole nitrogens is 1. The van der Waals surface area contributed by atoms with Crippen molar-refractivity contribution in [3.05, 3.63) is 73.2 Å². The van der Waals surface area contributed by atoms with E-state index in [2.05, 4.69) is 10.2 Å². The number of halogens is 4. The third-order valence-electron chi connectivity index (χ3n) is 3.94. The second kappa shape index (κ2) is 11.3. The number of rotatable bonds is 3.